The molecule has 2 heterocycles. The lowest BCUT2D eigenvalue weighted by Crippen LogP contribution is -2.49. The molecule has 6 heteroatoms. The summed E-state index contributed by atoms with van der Waals surface area (Å²) in [7, 11) is 0. The zero-order chi connectivity index (χ0) is 25.1. The molecular weight excluding hydrogens is 458 g/mol. The van der Waals surface area contributed by atoms with Crippen molar-refractivity contribution in [3.8, 4) is 11.1 Å². The molecule has 1 amide bonds. The number of amides is 1. The minimum Gasteiger partial charge on any atom is -0.438 e. The van der Waals surface area contributed by atoms with Crippen molar-refractivity contribution >= 4 is 6.09 Å². The Morgan fingerprint density at radius 3 is 1.97 bits per heavy atom. The molecule has 3 aromatic rings. The molecule has 0 N–H and O–H groups in total. The molecule has 0 aromatic heterocycles. The lowest BCUT2D eigenvalue weighted by atomic mass is 9.85. The van der Waals surface area contributed by atoms with E-state index in [4.69, 9.17) is 4.74 Å². The van der Waals surface area contributed by atoms with E-state index in [1.807, 2.05) is 31.2 Å². The number of hydrogen-bond donors (Lipinski definition) is 0. The fraction of sp³-hybridized carbons (Fsp3) is 0.367. The highest BCUT2D eigenvalue weighted by Gasteiger charge is 2.43. The molecule has 2 aliphatic heterocycles. The zero-order valence-electron chi connectivity index (χ0n) is 20.6. The molecule has 5 rings (SSSR count). The standard InChI is InChI=1S/C30H32F2N2O2/c1-22(23-4-6-24(7-5-23)25-8-12-27(31)13-9-25)34-21-17-30(36-29(34)35,16-20-33-18-2-3-19-33)26-10-14-28(32)15-11-26/h4-15,22H,2-3,16-21H2,1H3/t22-,30?/m0/s1. The van der Waals surface area contributed by atoms with Crippen LogP contribution in [0.15, 0.2) is 72.8 Å². The average molecular weight is 491 g/mol. The van der Waals surface area contributed by atoms with Crippen molar-refractivity contribution in [1.82, 2.24) is 9.80 Å². The van der Waals surface area contributed by atoms with Crippen LogP contribution in [0, 0.1) is 11.6 Å². The third-order valence-electron chi connectivity index (χ3n) is 7.71. The Kier molecular flexibility index (Phi) is 7.06. The maximum atomic E-state index is 13.7. The Labute approximate surface area is 211 Å². The van der Waals surface area contributed by atoms with Gasteiger partial charge in [-0.15, -0.1) is 0 Å². The molecule has 4 nitrogen and oxygen atoms in total. The molecule has 2 saturated heterocycles. The van der Waals surface area contributed by atoms with Gasteiger partial charge in [0, 0.05) is 25.9 Å². The maximum Gasteiger partial charge on any atom is 0.411 e. The van der Waals surface area contributed by atoms with E-state index < -0.39 is 5.60 Å². The predicted octanol–water partition coefficient (Wildman–Crippen LogP) is 6.92. The van der Waals surface area contributed by atoms with E-state index in [1.54, 1.807) is 29.2 Å². The second-order valence-corrected chi connectivity index (χ2v) is 9.92. The van der Waals surface area contributed by atoms with Crippen molar-refractivity contribution in [1.29, 1.82) is 0 Å². The van der Waals surface area contributed by atoms with Gasteiger partial charge in [0.2, 0.25) is 0 Å². The summed E-state index contributed by atoms with van der Waals surface area (Å²) in [6.45, 7) is 5.56. The number of cyclic esters (lactones) is 1. The molecule has 0 saturated carbocycles. The summed E-state index contributed by atoms with van der Waals surface area (Å²) < 4.78 is 33.1. The van der Waals surface area contributed by atoms with Gasteiger partial charge in [0.15, 0.2) is 0 Å². The first-order valence-corrected chi connectivity index (χ1v) is 12.8. The van der Waals surface area contributed by atoms with Gasteiger partial charge in [-0.05, 0) is 79.4 Å². The number of nitrogens with zero attached hydrogens (tertiary/aromatic N) is 2. The van der Waals surface area contributed by atoms with Crippen LogP contribution in [0.5, 0.6) is 0 Å². The Balaban J connectivity index is 1.31. The van der Waals surface area contributed by atoms with Gasteiger partial charge in [0.25, 0.3) is 0 Å². The fourth-order valence-electron chi connectivity index (χ4n) is 5.42. The van der Waals surface area contributed by atoms with Gasteiger partial charge < -0.3 is 14.5 Å². The second-order valence-electron chi connectivity index (χ2n) is 9.92. The van der Waals surface area contributed by atoms with Gasteiger partial charge in [-0.2, -0.15) is 0 Å². The number of ether oxygens (including phenoxy) is 1. The van der Waals surface area contributed by atoms with Crippen molar-refractivity contribution in [3.05, 3.63) is 95.6 Å². The fourth-order valence-corrected chi connectivity index (χ4v) is 5.42. The summed E-state index contributed by atoms with van der Waals surface area (Å²) in [5, 5.41) is 0. The van der Waals surface area contributed by atoms with Crippen molar-refractivity contribution in [3.63, 3.8) is 0 Å². The summed E-state index contributed by atoms with van der Waals surface area (Å²) in [4.78, 5) is 17.5. The van der Waals surface area contributed by atoms with E-state index in [0.717, 1.165) is 41.9 Å². The van der Waals surface area contributed by atoms with E-state index in [2.05, 4.69) is 4.90 Å². The Morgan fingerprint density at radius 2 is 1.39 bits per heavy atom. The largest absolute Gasteiger partial charge is 0.438 e. The van der Waals surface area contributed by atoms with E-state index in [9.17, 15) is 13.6 Å². The minimum absolute atomic E-state index is 0.162. The lowest BCUT2D eigenvalue weighted by Gasteiger charge is -2.44. The van der Waals surface area contributed by atoms with Crippen molar-refractivity contribution in [2.24, 2.45) is 0 Å². The van der Waals surface area contributed by atoms with Crippen molar-refractivity contribution in [2.45, 2.75) is 44.2 Å². The molecule has 0 radical (unpaired) electrons. The van der Waals surface area contributed by atoms with Gasteiger partial charge in [-0.3, -0.25) is 0 Å². The topological polar surface area (TPSA) is 32.8 Å². The van der Waals surface area contributed by atoms with Crippen LogP contribution in [0.3, 0.4) is 0 Å². The summed E-state index contributed by atoms with van der Waals surface area (Å²) in [5.74, 6) is -0.556. The minimum atomic E-state index is -0.754. The van der Waals surface area contributed by atoms with Gasteiger partial charge >= 0.3 is 6.09 Å². The van der Waals surface area contributed by atoms with Crippen LogP contribution >= 0.6 is 0 Å². The summed E-state index contributed by atoms with van der Waals surface area (Å²) in [6.07, 6.45) is 3.40. The van der Waals surface area contributed by atoms with E-state index in [-0.39, 0.29) is 23.8 Å². The van der Waals surface area contributed by atoms with Crippen LogP contribution in [-0.2, 0) is 10.3 Å². The second kappa shape index (κ2) is 10.4. The monoisotopic (exact) mass is 490 g/mol. The predicted molar refractivity (Wildman–Crippen MR) is 136 cm³/mol. The summed E-state index contributed by atoms with van der Waals surface area (Å²) >= 11 is 0. The lowest BCUT2D eigenvalue weighted by molar-refractivity contribution is -0.0686. The molecule has 2 aliphatic rings. The van der Waals surface area contributed by atoms with E-state index in [1.165, 1.54) is 37.1 Å². The van der Waals surface area contributed by atoms with Crippen LogP contribution in [0.4, 0.5) is 13.6 Å². The van der Waals surface area contributed by atoms with Crippen LogP contribution in [0.2, 0.25) is 0 Å². The number of likely N-dealkylation sites (tertiary alicyclic amines) is 1. The number of carbonyl (C=O) groups is 1. The molecule has 1 unspecified atom stereocenters. The highest BCUT2D eigenvalue weighted by molar-refractivity contribution is 5.70. The zero-order valence-corrected chi connectivity index (χ0v) is 20.6. The molecule has 0 spiro atoms. The normalized spacial score (nSPS) is 21.4. The highest BCUT2D eigenvalue weighted by atomic mass is 19.1. The quantitative estimate of drug-likeness (QED) is 0.361. The molecule has 0 bridgehead atoms. The SMILES string of the molecule is C[C@@H](c1ccc(-c2ccc(F)cc2)cc1)N1CCC(CCN2CCCC2)(c2ccc(F)cc2)OC1=O. The molecule has 188 valence electrons. The number of halogens is 2. The first-order valence-electron chi connectivity index (χ1n) is 12.8. The van der Waals surface area contributed by atoms with E-state index >= 15 is 0 Å². The van der Waals surface area contributed by atoms with Gasteiger partial charge in [-0.1, -0.05) is 48.5 Å². The highest BCUT2D eigenvalue weighted by Crippen LogP contribution is 2.40. The molecule has 36 heavy (non-hydrogen) atoms. The van der Waals surface area contributed by atoms with Gasteiger partial charge in [0.05, 0.1) is 6.04 Å². The smallest absolute Gasteiger partial charge is 0.411 e. The first-order chi connectivity index (χ1) is 17.4. The molecule has 2 atom stereocenters. The molecule has 0 aliphatic carbocycles. The van der Waals surface area contributed by atoms with Crippen molar-refractivity contribution in [2.75, 3.05) is 26.2 Å². The van der Waals surface area contributed by atoms with Crippen LogP contribution in [-0.4, -0.2) is 42.1 Å². The third kappa shape index (κ3) is 5.14. The molecular formula is C30H32F2N2O2. The third-order valence-corrected chi connectivity index (χ3v) is 7.71. The Hall–Kier alpha value is -3.25. The van der Waals surface area contributed by atoms with Crippen LogP contribution < -0.4 is 0 Å². The van der Waals surface area contributed by atoms with Gasteiger partial charge in [-0.25, -0.2) is 13.6 Å². The number of benzene rings is 3. The van der Waals surface area contributed by atoms with Crippen LogP contribution in [0.1, 0.15) is 49.8 Å². The van der Waals surface area contributed by atoms with Crippen molar-refractivity contribution < 1.29 is 18.3 Å². The average Bonchev–Trinajstić information content (AvgIpc) is 3.42. The van der Waals surface area contributed by atoms with Gasteiger partial charge in [0.1, 0.15) is 17.2 Å². The first kappa shape index (κ1) is 24.4. The summed E-state index contributed by atoms with van der Waals surface area (Å²) in [5.41, 5.74) is 3.03. The van der Waals surface area contributed by atoms with Crippen LogP contribution in [0.25, 0.3) is 11.1 Å². The number of carbonyl (C=O) groups excluding carboxylic acids is 1. The maximum absolute atomic E-state index is 13.7. The Morgan fingerprint density at radius 1 is 0.833 bits per heavy atom. The Bertz CT molecular complexity index is 1180. The number of hydrogen-bond acceptors (Lipinski definition) is 3. The number of rotatable bonds is 7. The molecule has 3 aromatic carbocycles. The molecule has 2 fully saturated rings. The van der Waals surface area contributed by atoms with E-state index in [0.29, 0.717) is 19.4 Å². The summed E-state index contributed by atoms with van der Waals surface area (Å²) in [6, 6.07) is 20.6.